The van der Waals surface area contributed by atoms with E-state index >= 15 is 0 Å². The number of hydrogen-bond donors (Lipinski definition) is 2. The summed E-state index contributed by atoms with van der Waals surface area (Å²) < 4.78 is 5.05. The number of esters is 1. The van der Waals surface area contributed by atoms with E-state index in [4.69, 9.17) is 16.3 Å². The van der Waals surface area contributed by atoms with Crippen LogP contribution in [-0.4, -0.2) is 29.4 Å². The molecule has 0 amide bonds. The van der Waals surface area contributed by atoms with Crippen molar-refractivity contribution in [3.05, 3.63) is 62.6 Å². The van der Waals surface area contributed by atoms with Crippen LogP contribution in [0.25, 0.3) is 0 Å². The van der Waals surface area contributed by atoms with Crippen molar-refractivity contribution in [3.8, 4) is 0 Å². The number of anilines is 1. The molecule has 2 N–H and O–H groups in total. The van der Waals surface area contributed by atoms with E-state index in [2.05, 4.69) is 5.32 Å². The normalized spacial score (nSPS) is 11.2. The van der Waals surface area contributed by atoms with Crippen molar-refractivity contribution >= 4 is 45.7 Å². The molecule has 1 aromatic heterocycles. The molecule has 1 heterocycles. The van der Waals surface area contributed by atoms with Gasteiger partial charge in [-0.2, -0.15) is 0 Å². The third kappa shape index (κ3) is 4.96. The van der Waals surface area contributed by atoms with Crippen LogP contribution in [0.1, 0.15) is 38.1 Å². The number of carbonyl (C=O) groups excluding carboxylic acids is 2. The number of carboxylic acid groups (broad SMARTS) is 1. The van der Waals surface area contributed by atoms with Crippen molar-refractivity contribution in [2.24, 2.45) is 0 Å². The van der Waals surface area contributed by atoms with Gasteiger partial charge in [-0.15, -0.1) is 11.3 Å². The summed E-state index contributed by atoms with van der Waals surface area (Å²) in [6.45, 7) is 5.46. The number of hydrogen-bond acceptors (Lipinski definition) is 6. The van der Waals surface area contributed by atoms with Crippen LogP contribution in [-0.2, 0) is 9.53 Å². The summed E-state index contributed by atoms with van der Waals surface area (Å²) in [7, 11) is 0. The molecule has 0 radical (unpaired) electrons. The first-order chi connectivity index (χ1) is 12.7. The van der Waals surface area contributed by atoms with Crippen LogP contribution < -0.4 is 5.32 Å². The van der Waals surface area contributed by atoms with Crippen LogP contribution in [0.2, 0.25) is 5.02 Å². The van der Waals surface area contributed by atoms with Crippen molar-refractivity contribution in [1.29, 1.82) is 0 Å². The van der Waals surface area contributed by atoms with Gasteiger partial charge in [-0.05, 0) is 50.6 Å². The highest BCUT2D eigenvalue weighted by Gasteiger charge is 2.23. The van der Waals surface area contributed by atoms with Crippen molar-refractivity contribution in [2.75, 3.05) is 11.9 Å². The molecule has 0 spiro atoms. The van der Waals surface area contributed by atoms with E-state index in [1.807, 2.05) is 6.92 Å². The lowest BCUT2D eigenvalue weighted by molar-refractivity contribution is -0.132. The van der Waals surface area contributed by atoms with Gasteiger partial charge in [0.2, 0.25) is 0 Å². The first-order valence-corrected chi connectivity index (χ1v) is 9.23. The Morgan fingerprint density at radius 1 is 1.22 bits per heavy atom. The Morgan fingerprint density at radius 3 is 2.41 bits per heavy atom. The Labute approximate surface area is 165 Å². The second-order valence-electron chi connectivity index (χ2n) is 5.57. The SMILES string of the molecule is CCOC(=O)c1c(N/C(=C\C(=O)c2ccc(Cl)cc2)C(=O)O)sc(C)c1C. The van der Waals surface area contributed by atoms with Crippen molar-refractivity contribution < 1.29 is 24.2 Å². The fraction of sp³-hybridized carbons (Fsp3) is 0.211. The monoisotopic (exact) mass is 407 g/mol. The van der Waals surface area contributed by atoms with Gasteiger partial charge in [-0.1, -0.05) is 11.6 Å². The zero-order valence-corrected chi connectivity index (χ0v) is 16.5. The minimum Gasteiger partial charge on any atom is -0.477 e. The number of carbonyl (C=O) groups is 3. The maximum absolute atomic E-state index is 12.3. The number of ether oxygens (including phenoxy) is 1. The van der Waals surface area contributed by atoms with E-state index in [0.29, 0.717) is 21.2 Å². The summed E-state index contributed by atoms with van der Waals surface area (Å²) in [5.74, 6) is -2.37. The third-order valence-corrected chi connectivity index (χ3v) is 5.12. The number of thiophene rings is 1. The van der Waals surface area contributed by atoms with E-state index in [0.717, 1.165) is 11.0 Å². The van der Waals surface area contributed by atoms with Crippen LogP contribution >= 0.6 is 22.9 Å². The molecule has 0 atom stereocenters. The van der Waals surface area contributed by atoms with Gasteiger partial charge in [0.05, 0.1) is 12.2 Å². The van der Waals surface area contributed by atoms with Crippen LogP contribution in [0.3, 0.4) is 0 Å². The fourth-order valence-electron chi connectivity index (χ4n) is 2.27. The molecule has 6 nitrogen and oxygen atoms in total. The van der Waals surface area contributed by atoms with E-state index in [-0.39, 0.29) is 17.9 Å². The molecule has 0 aliphatic rings. The Hall–Kier alpha value is -2.64. The average molecular weight is 408 g/mol. The second-order valence-corrected chi connectivity index (χ2v) is 7.23. The Bertz CT molecular complexity index is 915. The first kappa shape index (κ1) is 20.7. The summed E-state index contributed by atoms with van der Waals surface area (Å²) >= 11 is 7.02. The van der Waals surface area contributed by atoms with Gasteiger partial charge in [-0.3, -0.25) is 4.79 Å². The molecule has 0 bridgehead atoms. The highest BCUT2D eigenvalue weighted by atomic mass is 35.5. The standard InChI is InChI=1S/C19H18ClNO5S/c1-4-26-19(25)16-10(2)11(3)27-17(16)21-14(18(23)24)9-15(22)12-5-7-13(20)8-6-12/h5-9,21H,4H2,1-3H3,(H,23,24)/b14-9-. The van der Waals surface area contributed by atoms with Crippen molar-refractivity contribution in [2.45, 2.75) is 20.8 Å². The lowest BCUT2D eigenvalue weighted by Gasteiger charge is -2.08. The van der Waals surface area contributed by atoms with Gasteiger partial charge in [0.1, 0.15) is 10.7 Å². The van der Waals surface area contributed by atoms with Gasteiger partial charge in [0.25, 0.3) is 0 Å². The number of halogens is 1. The molecule has 0 aliphatic heterocycles. The lowest BCUT2D eigenvalue weighted by atomic mass is 10.1. The summed E-state index contributed by atoms with van der Waals surface area (Å²) in [6, 6.07) is 6.09. The van der Waals surface area contributed by atoms with Crippen molar-refractivity contribution in [3.63, 3.8) is 0 Å². The highest BCUT2D eigenvalue weighted by Crippen LogP contribution is 2.34. The number of allylic oxidation sites excluding steroid dienone is 1. The molecule has 8 heteroatoms. The minimum atomic E-state index is -1.32. The van der Waals surface area contributed by atoms with Gasteiger partial charge in [0.15, 0.2) is 5.78 Å². The number of nitrogens with one attached hydrogen (secondary N) is 1. The highest BCUT2D eigenvalue weighted by molar-refractivity contribution is 7.16. The van der Waals surface area contributed by atoms with Gasteiger partial charge < -0.3 is 15.2 Å². The molecule has 142 valence electrons. The van der Waals surface area contributed by atoms with E-state index in [1.165, 1.54) is 23.5 Å². The van der Waals surface area contributed by atoms with Gasteiger partial charge in [-0.25, -0.2) is 9.59 Å². The van der Waals surface area contributed by atoms with Gasteiger partial charge >= 0.3 is 11.9 Å². The third-order valence-electron chi connectivity index (χ3n) is 3.75. The molecule has 0 fully saturated rings. The summed E-state index contributed by atoms with van der Waals surface area (Å²) in [5.41, 5.74) is 0.922. The topological polar surface area (TPSA) is 92.7 Å². The zero-order chi connectivity index (χ0) is 20.1. The predicted molar refractivity (Wildman–Crippen MR) is 105 cm³/mol. The molecule has 2 rings (SSSR count). The molecule has 2 aromatic rings. The first-order valence-electron chi connectivity index (χ1n) is 8.03. The van der Waals surface area contributed by atoms with Crippen LogP contribution in [0.15, 0.2) is 36.0 Å². The molecule has 27 heavy (non-hydrogen) atoms. The number of benzene rings is 1. The van der Waals surface area contributed by atoms with E-state index in [9.17, 15) is 19.5 Å². The summed E-state index contributed by atoms with van der Waals surface area (Å²) in [4.78, 5) is 37.0. The maximum Gasteiger partial charge on any atom is 0.352 e. The Morgan fingerprint density at radius 2 is 1.85 bits per heavy atom. The van der Waals surface area contributed by atoms with E-state index < -0.39 is 17.7 Å². The van der Waals surface area contributed by atoms with Crippen LogP contribution in [0, 0.1) is 13.8 Å². The number of rotatable bonds is 7. The van der Waals surface area contributed by atoms with Crippen LogP contribution in [0.4, 0.5) is 5.00 Å². The molecule has 0 saturated heterocycles. The molecule has 0 unspecified atom stereocenters. The maximum atomic E-state index is 12.3. The minimum absolute atomic E-state index is 0.198. The quantitative estimate of drug-likeness (QED) is 0.400. The number of aliphatic carboxylic acids is 1. The summed E-state index contributed by atoms with van der Waals surface area (Å²) in [6.07, 6.45) is 0.977. The number of carboxylic acids is 1. The van der Waals surface area contributed by atoms with Crippen molar-refractivity contribution in [1.82, 2.24) is 0 Å². The number of aryl methyl sites for hydroxylation is 1. The smallest absolute Gasteiger partial charge is 0.352 e. The molecule has 1 aromatic carbocycles. The molecule has 0 saturated carbocycles. The largest absolute Gasteiger partial charge is 0.477 e. The zero-order valence-electron chi connectivity index (χ0n) is 15.0. The Balaban J connectivity index is 2.38. The van der Waals surface area contributed by atoms with E-state index in [1.54, 1.807) is 26.0 Å². The number of ketones is 1. The molecular weight excluding hydrogens is 390 g/mol. The Kier molecular flexibility index (Phi) is 6.76. The fourth-order valence-corrected chi connectivity index (χ4v) is 3.45. The lowest BCUT2D eigenvalue weighted by Crippen LogP contribution is -2.15. The average Bonchev–Trinajstić information content (AvgIpc) is 2.89. The van der Waals surface area contributed by atoms with Crippen LogP contribution in [0.5, 0.6) is 0 Å². The summed E-state index contributed by atoms with van der Waals surface area (Å²) in [5, 5.41) is 12.9. The van der Waals surface area contributed by atoms with Gasteiger partial charge in [0, 0.05) is 21.5 Å². The second kappa shape index (κ2) is 8.83. The predicted octanol–water partition coefficient (Wildman–Crippen LogP) is 4.46. The molecule has 0 aliphatic carbocycles. The molecular formula is C19H18ClNO5S.